The number of hydrogen-bond donors (Lipinski definition) is 1. The van der Waals surface area contributed by atoms with Gasteiger partial charge in [-0.25, -0.2) is 0 Å². The van der Waals surface area contributed by atoms with Gasteiger partial charge in [0.1, 0.15) is 5.75 Å². The van der Waals surface area contributed by atoms with Crippen molar-refractivity contribution in [3.63, 3.8) is 0 Å². The van der Waals surface area contributed by atoms with Crippen molar-refractivity contribution < 1.29 is 9.26 Å². The van der Waals surface area contributed by atoms with Crippen LogP contribution in [-0.4, -0.2) is 16.2 Å². The molecule has 1 N–H and O–H groups in total. The molecular weight excluding hydrogens is 242 g/mol. The fraction of sp³-hybridized carbons (Fsp3) is 0.429. The van der Waals surface area contributed by atoms with E-state index in [4.69, 9.17) is 9.26 Å². The molecule has 0 bridgehead atoms. The molecule has 0 unspecified atom stereocenters. The molecule has 0 saturated carbocycles. The van der Waals surface area contributed by atoms with Crippen LogP contribution in [0.3, 0.4) is 0 Å². The third kappa shape index (κ3) is 4.06. The summed E-state index contributed by atoms with van der Waals surface area (Å²) in [7, 11) is 0. The summed E-state index contributed by atoms with van der Waals surface area (Å²) in [5.74, 6) is 1.95. The molecule has 5 heteroatoms. The van der Waals surface area contributed by atoms with Crippen LogP contribution in [-0.2, 0) is 13.2 Å². The van der Waals surface area contributed by atoms with E-state index in [9.17, 15) is 0 Å². The molecule has 2 rings (SSSR count). The Balaban J connectivity index is 1.99. The molecule has 0 aliphatic heterocycles. The number of para-hydroxylation sites is 1. The molecule has 0 amide bonds. The van der Waals surface area contributed by atoms with Gasteiger partial charge in [0.25, 0.3) is 5.89 Å². The van der Waals surface area contributed by atoms with Gasteiger partial charge in [0, 0.05) is 18.2 Å². The highest BCUT2D eigenvalue weighted by atomic mass is 16.5. The van der Waals surface area contributed by atoms with Crippen LogP contribution in [0.2, 0.25) is 0 Å². The number of benzene rings is 1. The molecule has 0 aliphatic rings. The Morgan fingerprint density at radius 3 is 2.79 bits per heavy atom. The number of nitrogens with one attached hydrogen (secondary N) is 1. The molecule has 2 aromatic rings. The van der Waals surface area contributed by atoms with Crippen LogP contribution in [0, 0.1) is 6.92 Å². The monoisotopic (exact) mass is 261 g/mol. The quantitative estimate of drug-likeness (QED) is 0.865. The van der Waals surface area contributed by atoms with E-state index in [-0.39, 0.29) is 0 Å². The van der Waals surface area contributed by atoms with Crippen LogP contribution in [0.1, 0.15) is 31.1 Å². The van der Waals surface area contributed by atoms with Crippen molar-refractivity contribution >= 4 is 0 Å². The number of hydrogen-bond acceptors (Lipinski definition) is 5. The van der Waals surface area contributed by atoms with E-state index in [1.54, 1.807) is 6.92 Å². The Kier molecular flexibility index (Phi) is 4.52. The lowest BCUT2D eigenvalue weighted by molar-refractivity contribution is 0.240. The Morgan fingerprint density at radius 1 is 1.32 bits per heavy atom. The van der Waals surface area contributed by atoms with Crippen LogP contribution in [0.4, 0.5) is 0 Å². The second-order valence-corrected chi connectivity index (χ2v) is 4.67. The molecule has 0 radical (unpaired) electrons. The van der Waals surface area contributed by atoms with Crippen molar-refractivity contribution in [3.8, 4) is 5.75 Å². The molecule has 5 nitrogen and oxygen atoms in total. The minimum absolute atomic E-state index is 0.291. The number of rotatable bonds is 6. The van der Waals surface area contributed by atoms with Crippen LogP contribution in [0.5, 0.6) is 5.75 Å². The van der Waals surface area contributed by atoms with Crippen molar-refractivity contribution in [2.24, 2.45) is 0 Å². The van der Waals surface area contributed by atoms with Gasteiger partial charge in [-0.15, -0.1) is 0 Å². The summed E-state index contributed by atoms with van der Waals surface area (Å²) >= 11 is 0. The largest absolute Gasteiger partial charge is 0.483 e. The lowest BCUT2D eigenvalue weighted by atomic mass is 10.2. The zero-order chi connectivity index (χ0) is 13.7. The molecule has 0 spiro atoms. The highest BCUT2D eigenvalue weighted by Crippen LogP contribution is 2.19. The first kappa shape index (κ1) is 13.5. The maximum absolute atomic E-state index is 5.73. The molecule has 1 aromatic carbocycles. The van der Waals surface area contributed by atoms with Gasteiger partial charge in [-0.2, -0.15) is 4.98 Å². The van der Waals surface area contributed by atoms with E-state index < -0.39 is 0 Å². The molecule has 1 heterocycles. The third-order valence-electron chi connectivity index (χ3n) is 2.59. The Morgan fingerprint density at radius 2 is 2.11 bits per heavy atom. The van der Waals surface area contributed by atoms with Gasteiger partial charge in [-0.3, -0.25) is 0 Å². The summed E-state index contributed by atoms with van der Waals surface area (Å²) < 4.78 is 10.8. The average Bonchev–Trinajstić information content (AvgIpc) is 2.80. The van der Waals surface area contributed by atoms with Gasteiger partial charge in [0.2, 0.25) is 0 Å². The summed E-state index contributed by atoms with van der Waals surface area (Å²) in [6.45, 7) is 7.08. The van der Waals surface area contributed by atoms with Crippen molar-refractivity contribution in [3.05, 3.63) is 41.5 Å². The van der Waals surface area contributed by atoms with Gasteiger partial charge in [-0.05, 0) is 13.0 Å². The third-order valence-corrected chi connectivity index (χ3v) is 2.59. The van der Waals surface area contributed by atoms with Gasteiger partial charge in [0.05, 0.1) is 0 Å². The maximum atomic E-state index is 5.73. The number of aromatic nitrogens is 2. The lowest BCUT2D eigenvalue weighted by Gasteiger charge is -2.12. The normalized spacial score (nSPS) is 10.9. The van der Waals surface area contributed by atoms with Crippen LogP contribution in [0.25, 0.3) is 0 Å². The summed E-state index contributed by atoms with van der Waals surface area (Å²) in [6, 6.07) is 8.38. The first-order chi connectivity index (χ1) is 9.15. The number of nitrogens with zero attached hydrogens (tertiary/aromatic N) is 2. The first-order valence-electron chi connectivity index (χ1n) is 6.38. The van der Waals surface area contributed by atoms with E-state index in [0.717, 1.165) is 17.9 Å². The van der Waals surface area contributed by atoms with E-state index in [1.807, 2.05) is 24.3 Å². The number of aryl methyl sites for hydroxylation is 1. The Labute approximate surface area is 113 Å². The predicted octanol–water partition coefficient (Wildman–Crippen LogP) is 2.46. The summed E-state index contributed by atoms with van der Waals surface area (Å²) in [6.07, 6.45) is 0. The fourth-order valence-corrected chi connectivity index (χ4v) is 1.64. The molecule has 19 heavy (non-hydrogen) atoms. The molecular formula is C14H19N3O2. The Hall–Kier alpha value is -1.88. The van der Waals surface area contributed by atoms with Crippen molar-refractivity contribution in [1.29, 1.82) is 0 Å². The topological polar surface area (TPSA) is 60.2 Å². The highest BCUT2D eigenvalue weighted by molar-refractivity contribution is 5.33. The van der Waals surface area contributed by atoms with Crippen LogP contribution >= 0.6 is 0 Å². The van der Waals surface area contributed by atoms with Crippen molar-refractivity contribution in [1.82, 2.24) is 15.5 Å². The molecule has 0 atom stereocenters. The standard InChI is InChI=1S/C14H19N3O2/c1-10(2)15-8-12-6-4-5-7-13(12)18-9-14-16-11(3)17-19-14/h4-7,10,15H,8-9H2,1-3H3. The van der Waals surface area contributed by atoms with E-state index in [0.29, 0.717) is 24.4 Å². The van der Waals surface area contributed by atoms with Gasteiger partial charge in [0.15, 0.2) is 12.4 Å². The minimum Gasteiger partial charge on any atom is -0.483 e. The predicted molar refractivity (Wildman–Crippen MR) is 71.8 cm³/mol. The maximum Gasteiger partial charge on any atom is 0.264 e. The molecule has 1 aromatic heterocycles. The summed E-state index contributed by atoms with van der Waals surface area (Å²) in [5, 5.41) is 7.11. The lowest BCUT2D eigenvalue weighted by Crippen LogP contribution is -2.22. The van der Waals surface area contributed by atoms with E-state index in [2.05, 4.69) is 29.3 Å². The van der Waals surface area contributed by atoms with E-state index in [1.165, 1.54) is 0 Å². The van der Waals surface area contributed by atoms with Gasteiger partial charge >= 0.3 is 0 Å². The van der Waals surface area contributed by atoms with Gasteiger partial charge < -0.3 is 14.6 Å². The minimum atomic E-state index is 0.291. The van der Waals surface area contributed by atoms with E-state index >= 15 is 0 Å². The second-order valence-electron chi connectivity index (χ2n) is 4.67. The van der Waals surface area contributed by atoms with Gasteiger partial charge in [-0.1, -0.05) is 37.2 Å². The highest BCUT2D eigenvalue weighted by Gasteiger charge is 2.07. The fourth-order valence-electron chi connectivity index (χ4n) is 1.64. The second kappa shape index (κ2) is 6.33. The zero-order valence-corrected chi connectivity index (χ0v) is 11.5. The number of ether oxygens (including phenoxy) is 1. The van der Waals surface area contributed by atoms with Crippen molar-refractivity contribution in [2.45, 2.75) is 40.0 Å². The summed E-state index contributed by atoms with van der Waals surface area (Å²) in [5.41, 5.74) is 1.12. The zero-order valence-electron chi connectivity index (χ0n) is 11.5. The SMILES string of the molecule is Cc1noc(COc2ccccc2CNC(C)C)n1. The molecule has 0 fully saturated rings. The summed E-state index contributed by atoms with van der Waals surface area (Å²) in [4.78, 5) is 4.11. The molecule has 0 aliphatic carbocycles. The van der Waals surface area contributed by atoms with Crippen LogP contribution < -0.4 is 10.1 Å². The molecule has 102 valence electrons. The molecule has 0 saturated heterocycles. The average molecular weight is 261 g/mol. The van der Waals surface area contributed by atoms with Crippen molar-refractivity contribution in [2.75, 3.05) is 0 Å². The smallest absolute Gasteiger partial charge is 0.264 e. The first-order valence-corrected chi connectivity index (χ1v) is 6.38. The Bertz CT molecular complexity index is 523. The van der Waals surface area contributed by atoms with Crippen LogP contribution in [0.15, 0.2) is 28.8 Å².